The van der Waals surface area contributed by atoms with Crippen LogP contribution in [0.2, 0.25) is 0 Å². The average Bonchev–Trinajstić information content (AvgIpc) is 1.60. The number of carbonyl (C=O) groups excluding carboxylic acids is 1. The first-order valence-corrected chi connectivity index (χ1v) is 2.96. The third-order valence-electron chi connectivity index (χ3n) is 1.40. The molecule has 0 saturated carbocycles. The maximum atomic E-state index is 10.8. The smallest absolute Gasteiger partial charge is 0.229 e. The van der Waals surface area contributed by atoms with Crippen LogP contribution in [-0.4, -0.2) is 19.0 Å². The third-order valence-corrected chi connectivity index (χ3v) is 1.40. The number of nitrogens with one attached hydrogen (secondary N) is 2. The summed E-state index contributed by atoms with van der Waals surface area (Å²) in [6.45, 7) is 5.00. The highest BCUT2D eigenvalue weighted by molar-refractivity contribution is 5.80. The molecule has 1 heterocycles. The van der Waals surface area contributed by atoms with Crippen LogP contribution in [-0.2, 0) is 4.79 Å². The van der Waals surface area contributed by atoms with E-state index in [4.69, 9.17) is 0 Å². The summed E-state index contributed by atoms with van der Waals surface area (Å²) in [6, 6.07) is 0. The Kier molecular flexibility index (Phi) is 1.85. The molecule has 1 rings (SSSR count). The standard InChI is InChI=1S/C6H10N2O/c1-2-8-6(9)5-3-7-4-5/h2,5,7H,1,3-4H2,(H,8,9). The lowest BCUT2D eigenvalue weighted by Gasteiger charge is -2.24. The highest BCUT2D eigenvalue weighted by atomic mass is 16.1. The van der Waals surface area contributed by atoms with Crippen LogP contribution in [0.5, 0.6) is 0 Å². The molecule has 50 valence electrons. The second-order valence-electron chi connectivity index (χ2n) is 2.07. The fraction of sp³-hybridized carbons (Fsp3) is 0.500. The Morgan fingerprint density at radius 2 is 2.44 bits per heavy atom. The molecule has 3 nitrogen and oxygen atoms in total. The molecule has 0 radical (unpaired) electrons. The van der Waals surface area contributed by atoms with Gasteiger partial charge >= 0.3 is 0 Å². The molecule has 1 saturated heterocycles. The van der Waals surface area contributed by atoms with E-state index in [2.05, 4.69) is 17.2 Å². The minimum Gasteiger partial charge on any atom is -0.333 e. The van der Waals surface area contributed by atoms with Crippen molar-refractivity contribution in [3.05, 3.63) is 12.8 Å². The van der Waals surface area contributed by atoms with Crippen molar-refractivity contribution in [3.63, 3.8) is 0 Å². The first-order chi connectivity index (χ1) is 4.34. The van der Waals surface area contributed by atoms with Gasteiger partial charge in [-0.25, -0.2) is 0 Å². The van der Waals surface area contributed by atoms with Crippen LogP contribution in [0.4, 0.5) is 0 Å². The van der Waals surface area contributed by atoms with Crippen molar-refractivity contribution in [1.29, 1.82) is 0 Å². The number of carbonyl (C=O) groups is 1. The Labute approximate surface area is 54.1 Å². The molecule has 0 bridgehead atoms. The van der Waals surface area contributed by atoms with E-state index < -0.39 is 0 Å². The Morgan fingerprint density at radius 1 is 1.78 bits per heavy atom. The van der Waals surface area contributed by atoms with E-state index >= 15 is 0 Å². The van der Waals surface area contributed by atoms with E-state index in [0.29, 0.717) is 0 Å². The van der Waals surface area contributed by atoms with Gasteiger partial charge in [-0.3, -0.25) is 4.79 Å². The number of hydrogen-bond donors (Lipinski definition) is 2. The van der Waals surface area contributed by atoms with Crippen molar-refractivity contribution < 1.29 is 4.79 Å². The first-order valence-electron chi connectivity index (χ1n) is 2.96. The zero-order chi connectivity index (χ0) is 6.69. The van der Waals surface area contributed by atoms with Gasteiger partial charge in [-0.05, 0) is 6.20 Å². The van der Waals surface area contributed by atoms with E-state index in [0.717, 1.165) is 13.1 Å². The number of hydrogen-bond acceptors (Lipinski definition) is 2. The second-order valence-corrected chi connectivity index (χ2v) is 2.07. The minimum atomic E-state index is 0.0729. The summed E-state index contributed by atoms with van der Waals surface area (Å²) in [5.74, 6) is 0.242. The van der Waals surface area contributed by atoms with Gasteiger partial charge in [-0.15, -0.1) is 0 Å². The lowest BCUT2D eigenvalue weighted by atomic mass is 10.0. The normalized spacial score (nSPS) is 18.2. The topological polar surface area (TPSA) is 41.1 Å². The molecule has 0 aliphatic carbocycles. The van der Waals surface area contributed by atoms with Crippen LogP contribution >= 0.6 is 0 Å². The fourth-order valence-electron chi connectivity index (χ4n) is 0.693. The summed E-state index contributed by atoms with van der Waals surface area (Å²) < 4.78 is 0. The second kappa shape index (κ2) is 2.64. The molecule has 0 aromatic rings. The molecule has 0 aromatic heterocycles. The van der Waals surface area contributed by atoms with Crippen molar-refractivity contribution >= 4 is 5.91 Å². The third kappa shape index (κ3) is 1.29. The summed E-state index contributed by atoms with van der Waals surface area (Å²) in [4.78, 5) is 10.8. The fourth-order valence-corrected chi connectivity index (χ4v) is 0.693. The van der Waals surface area contributed by atoms with Gasteiger partial charge in [0.2, 0.25) is 5.91 Å². The van der Waals surface area contributed by atoms with Gasteiger partial charge in [0.05, 0.1) is 5.92 Å². The summed E-state index contributed by atoms with van der Waals surface area (Å²) in [5, 5.41) is 5.54. The van der Waals surface area contributed by atoms with E-state index in [-0.39, 0.29) is 11.8 Å². The van der Waals surface area contributed by atoms with E-state index in [9.17, 15) is 4.79 Å². The summed E-state index contributed by atoms with van der Waals surface area (Å²) >= 11 is 0. The Bertz CT molecular complexity index is 129. The van der Waals surface area contributed by atoms with E-state index in [1.165, 1.54) is 6.20 Å². The lowest BCUT2D eigenvalue weighted by molar-refractivity contribution is -0.125. The van der Waals surface area contributed by atoms with Crippen molar-refractivity contribution in [1.82, 2.24) is 10.6 Å². The summed E-state index contributed by atoms with van der Waals surface area (Å²) in [6.07, 6.45) is 1.42. The van der Waals surface area contributed by atoms with Crippen LogP contribution < -0.4 is 10.6 Å². The molecule has 0 spiro atoms. The van der Waals surface area contributed by atoms with Gasteiger partial charge in [-0.1, -0.05) is 6.58 Å². The van der Waals surface area contributed by atoms with Crippen molar-refractivity contribution in [3.8, 4) is 0 Å². The number of amides is 1. The van der Waals surface area contributed by atoms with Gasteiger partial charge in [-0.2, -0.15) is 0 Å². The first kappa shape index (κ1) is 6.29. The highest BCUT2D eigenvalue weighted by Crippen LogP contribution is 2.00. The predicted molar refractivity (Wildman–Crippen MR) is 34.7 cm³/mol. The van der Waals surface area contributed by atoms with Crippen molar-refractivity contribution in [2.24, 2.45) is 5.92 Å². The average molecular weight is 126 g/mol. The van der Waals surface area contributed by atoms with Gasteiger partial charge in [0, 0.05) is 13.1 Å². The molecular formula is C6H10N2O. The van der Waals surface area contributed by atoms with E-state index in [1.807, 2.05) is 0 Å². The van der Waals surface area contributed by atoms with Gasteiger partial charge in [0.1, 0.15) is 0 Å². The summed E-state index contributed by atoms with van der Waals surface area (Å²) in [7, 11) is 0. The zero-order valence-corrected chi connectivity index (χ0v) is 5.18. The van der Waals surface area contributed by atoms with Crippen molar-refractivity contribution in [2.75, 3.05) is 13.1 Å². The molecule has 3 heteroatoms. The van der Waals surface area contributed by atoms with Crippen LogP contribution in [0.15, 0.2) is 12.8 Å². The maximum absolute atomic E-state index is 10.8. The molecule has 1 aliphatic rings. The molecule has 1 fully saturated rings. The maximum Gasteiger partial charge on any atom is 0.229 e. The minimum absolute atomic E-state index is 0.0729. The SMILES string of the molecule is C=CNC(=O)C1CNC1. The summed E-state index contributed by atoms with van der Waals surface area (Å²) in [5.41, 5.74) is 0. The van der Waals surface area contributed by atoms with Crippen LogP contribution in [0.25, 0.3) is 0 Å². The van der Waals surface area contributed by atoms with Gasteiger partial charge < -0.3 is 10.6 Å². The molecule has 0 unspecified atom stereocenters. The molecule has 9 heavy (non-hydrogen) atoms. The van der Waals surface area contributed by atoms with E-state index in [1.54, 1.807) is 0 Å². The molecule has 1 aliphatic heterocycles. The Hall–Kier alpha value is -0.830. The lowest BCUT2D eigenvalue weighted by Crippen LogP contribution is -2.49. The molecular weight excluding hydrogens is 116 g/mol. The van der Waals surface area contributed by atoms with Gasteiger partial charge in [0.25, 0.3) is 0 Å². The van der Waals surface area contributed by atoms with Gasteiger partial charge in [0.15, 0.2) is 0 Å². The Morgan fingerprint density at radius 3 is 2.78 bits per heavy atom. The largest absolute Gasteiger partial charge is 0.333 e. The monoisotopic (exact) mass is 126 g/mol. The van der Waals surface area contributed by atoms with Crippen LogP contribution in [0.1, 0.15) is 0 Å². The highest BCUT2D eigenvalue weighted by Gasteiger charge is 2.23. The Balaban J connectivity index is 2.23. The molecule has 0 aromatic carbocycles. The quantitative estimate of drug-likeness (QED) is 0.522. The zero-order valence-electron chi connectivity index (χ0n) is 5.18. The van der Waals surface area contributed by atoms with Crippen LogP contribution in [0, 0.1) is 5.92 Å². The number of rotatable bonds is 2. The van der Waals surface area contributed by atoms with Crippen LogP contribution in [0.3, 0.4) is 0 Å². The molecule has 0 atom stereocenters. The molecule has 1 amide bonds. The van der Waals surface area contributed by atoms with Crippen molar-refractivity contribution in [2.45, 2.75) is 0 Å². The predicted octanol–water partition coefficient (Wildman–Crippen LogP) is -0.535. The molecule has 2 N–H and O–H groups in total.